The number of aliphatic hydroxyl groups excluding tert-OH is 1. The number of aliphatic hydroxyl groups is 1. The van der Waals surface area contributed by atoms with Gasteiger partial charge in [-0.05, 0) is 44.1 Å². The minimum absolute atomic E-state index is 0.0849. The maximum atomic E-state index is 9.36. The molecule has 4 heteroatoms. The topological polar surface area (TPSA) is 47.9 Å². The highest BCUT2D eigenvalue weighted by molar-refractivity contribution is 5.12. The van der Waals surface area contributed by atoms with Gasteiger partial charge >= 0.3 is 0 Å². The molecule has 4 nitrogen and oxygen atoms in total. The average molecular weight is 256 g/mol. The van der Waals surface area contributed by atoms with Gasteiger partial charge in [0, 0.05) is 12.5 Å². The third kappa shape index (κ3) is 2.71. The molecule has 18 heavy (non-hydrogen) atoms. The van der Waals surface area contributed by atoms with E-state index >= 15 is 0 Å². The van der Waals surface area contributed by atoms with Crippen molar-refractivity contribution in [3.05, 3.63) is 11.8 Å². The molecule has 1 saturated carbocycles. The van der Waals surface area contributed by atoms with Crippen molar-refractivity contribution in [3.63, 3.8) is 0 Å². The molecule has 0 bridgehead atoms. The molecule has 1 N–H and O–H groups in total. The molecule has 1 aliphatic carbocycles. The van der Waals surface area contributed by atoms with Crippen molar-refractivity contribution in [2.75, 3.05) is 13.2 Å². The van der Waals surface area contributed by atoms with Crippen molar-refractivity contribution < 1.29 is 19.3 Å². The van der Waals surface area contributed by atoms with E-state index in [1.165, 1.54) is 6.42 Å². The minimum Gasteiger partial charge on any atom is -0.472 e. The van der Waals surface area contributed by atoms with Crippen molar-refractivity contribution in [2.45, 2.75) is 46.2 Å². The molecule has 0 spiro atoms. The molecule has 0 aromatic rings. The molecule has 5 atom stereocenters. The lowest BCUT2D eigenvalue weighted by Gasteiger charge is -2.36. The molecule has 2 aliphatic rings. The highest BCUT2D eigenvalue weighted by atomic mass is 16.8. The predicted octanol–water partition coefficient (Wildman–Crippen LogP) is 2.28. The normalized spacial score (nSPS) is 36.8. The molecular weight excluding hydrogens is 232 g/mol. The van der Waals surface area contributed by atoms with Crippen LogP contribution < -0.4 is 0 Å². The first-order valence-corrected chi connectivity index (χ1v) is 6.89. The Morgan fingerprint density at radius 1 is 1.50 bits per heavy atom. The van der Waals surface area contributed by atoms with Crippen molar-refractivity contribution in [1.29, 1.82) is 0 Å². The monoisotopic (exact) mass is 256 g/mol. The van der Waals surface area contributed by atoms with Crippen LogP contribution in [0.15, 0.2) is 11.8 Å². The van der Waals surface area contributed by atoms with Crippen LogP contribution in [0.3, 0.4) is 0 Å². The van der Waals surface area contributed by atoms with Gasteiger partial charge in [0.05, 0.1) is 12.9 Å². The van der Waals surface area contributed by atoms with Gasteiger partial charge in [-0.2, -0.15) is 0 Å². The van der Waals surface area contributed by atoms with Crippen molar-refractivity contribution in [3.8, 4) is 0 Å². The van der Waals surface area contributed by atoms with E-state index < -0.39 is 0 Å². The molecule has 0 aromatic carbocycles. The largest absolute Gasteiger partial charge is 0.472 e. The van der Waals surface area contributed by atoms with Crippen LogP contribution in [0.4, 0.5) is 0 Å². The van der Waals surface area contributed by atoms with Crippen molar-refractivity contribution in [2.24, 2.45) is 17.8 Å². The van der Waals surface area contributed by atoms with E-state index in [0.717, 1.165) is 12.0 Å². The lowest BCUT2D eigenvalue weighted by atomic mass is 9.84. The summed E-state index contributed by atoms with van der Waals surface area (Å²) in [5, 5.41) is 9.36. The summed E-state index contributed by atoms with van der Waals surface area (Å²) in [5.41, 5.74) is 1.01. The Kier molecular flexibility index (Phi) is 4.65. The van der Waals surface area contributed by atoms with Crippen molar-refractivity contribution in [1.82, 2.24) is 0 Å². The summed E-state index contributed by atoms with van der Waals surface area (Å²) in [6.45, 7) is 6.80. The molecule has 1 aliphatic heterocycles. The summed E-state index contributed by atoms with van der Waals surface area (Å²) in [6, 6.07) is 0. The van der Waals surface area contributed by atoms with E-state index in [-0.39, 0.29) is 19.2 Å². The molecule has 2 rings (SSSR count). The molecule has 1 heterocycles. The molecule has 0 aromatic heterocycles. The van der Waals surface area contributed by atoms with E-state index in [1.54, 1.807) is 6.26 Å². The Morgan fingerprint density at radius 2 is 2.28 bits per heavy atom. The third-order valence-corrected chi connectivity index (χ3v) is 4.11. The van der Waals surface area contributed by atoms with E-state index in [4.69, 9.17) is 14.2 Å². The van der Waals surface area contributed by atoms with E-state index in [0.29, 0.717) is 24.4 Å². The molecule has 0 amide bonds. The summed E-state index contributed by atoms with van der Waals surface area (Å²) in [5.74, 6) is 1.29. The summed E-state index contributed by atoms with van der Waals surface area (Å²) >= 11 is 0. The number of hydrogen-bond donors (Lipinski definition) is 1. The predicted molar refractivity (Wildman–Crippen MR) is 67.6 cm³/mol. The van der Waals surface area contributed by atoms with Crippen LogP contribution in [0.1, 0.15) is 33.6 Å². The lowest BCUT2D eigenvalue weighted by Crippen LogP contribution is -2.39. The molecule has 104 valence electrons. The number of rotatable bonds is 5. The Bertz CT molecular complexity index is 302. The quantitative estimate of drug-likeness (QED) is 0.767. The first-order chi connectivity index (χ1) is 8.67. The van der Waals surface area contributed by atoms with Gasteiger partial charge in [0.25, 0.3) is 0 Å². The van der Waals surface area contributed by atoms with Crippen LogP contribution >= 0.6 is 0 Å². The zero-order valence-corrected chi connectivity index (χ0v) is 11.5. The van der Waals surface area contributed by atoms with Crippen molar-refractivity contribution >= 4 is 0 Å². The summed E-state index contributed by atoms with van der Waals surface area (Å²) in [7, 11) is 0. The minimum atomic E-state index is -0.252. The van der Waals surface area contributed by atoms with Gasteiger partial charge in [0.15, 0.2) is 6.29 Å². The molecule has 1 unspecified atom stereocenters. The molecule has 0 saturated heterocycles. The molecule has 0 radical (unpaired) electrons. The van der Waals surface area contributed by atoms with E-state index in [2.05, 4.69) is 6.92 Å². The van der Waals surface area contributed by atoms with E-state index in [1.807, 2.05) is 13.8 Å². The van der Waals surface area contributed by atoms with Gasteiger partial charge < -0.3 is 19.3 Å². The lowest BCUT2D eigenvalue weighted by molar-refractivity contribution is -0.250. The van der Waals surface area contributed by atoms with Crippen LogP contribution in [0.25, 0.3) is 0 Å². The first kappa shape index (κ1) is 13.8. The second kappa shape index (κ2) is 6.04. The second-order valence-electron chi connectivity index (χ2n) is 5.25. The zero-order chi connectivity index (χ0) is 13.1. The first-order valence-electron chi connectivity index (χ1n) is 6.89. The van der Waals surface area contributed by atoms with Crippen LogP contribution in [-0.2, 0) is 14.2 Å². The Morgan fingerprint density at radius 3 is 2.94 bits per heavy atom. The Hall–Kier alpha value is -0.580. The van der Waals surface area contributed by atoms with Gasteiger partial charge in [-0.1, -0.05) is 6.92 Å². The summed E-state index contributed by atoms with van der Waals surface area (Å²) in [6.07, 6.45) is 3.47. The summed E-state index contributed by atoms with van der Waals surface area (Å²) < 4.78 is 16.9. The number of ether oxygens (including phenoxy) is 3. The fourth-order valence-electron chi connectivity index (χ4n) is 3.19. The zero-order valence-electron chi connectivity index (χ0n) is 11.5. The maximum absolute atomic E-state index is 9.36. The van der Waals surface area contributed by atoms with Gasteiger partial charge in [0.2, 0.25) is 6.29 Å². The standard InChI is InChI=1S/C14H24O4/c1-4-16-10(3)18-14-13-9(2)5-6-12(13)11(7-15)8-17-14/h8-10,12-15H,4-7H2,1-3H3/t9-,10?,12+,13+,14-/m0/s1. The van der Waals surface area contributed by atoms with E-state index in [9.17, 15) is 5.11 Å². The second-order valence-corrected chi connectivity index (χ2v) is 5.25. The van der Waals surface area contributed by atoms with Gasteiger partial charge in [-0.3, -0.25) is 0 Å². The van der Waals surface area contributed by atoms with Gasteiger partial charge in [-0.15, -0.1) is 0 Å². The van der Waals surface area contributed by atoms with Gasteiger partial charge in [-0.25, -0.2) is 0 Å². The molecular formula is C14H24O4. The highest BCUT2D eigenvalue weighted by Gasteiger charge is 2.45. The maximum Gasteiger partial charge on any atom is 0.205 e. The fourth-order valence-corrected chi connectivity index (χ4v) is 3.19. The van der Waals surface area contributed by atoms with Gasteiger partial charge in [0.1, 0.15) is 0 Å². The summed E-state index contributed by atoms with van der Waals surface area (Å²) in [4.78, 5) is 0. The Labute approximate surface area is 109 Å². The van der Waals surface area contributed by atoms with Crippen LogP contribution in [0.5, 0.6) is 0 Å². The van der Waals surface area contributed by atoms with Crippen LogP contribution in [0.2, 0.25) is 0 Å². The number of fused-ring (bicyclic) bond motifs is 1. The Balaban J connectivity index is 2.05. The number of hydrogen-bond acceptors (Lipinski definition) is 4. The average Bonchev–Trinajstić information content (AvgIpc) is 2.73. The highest BCUT2D eigenvalue weighted by Crippen LogP contribution is 2.46. The van der Waals surface area contributed by atoms with Crippen LogP contribution in [-0.4, -0.2) is 30.9 Å². The fraction of sp³-hybridized carbons (Fsp3) is 0.857. The van der Waals surface area contributed by atoms with Crippen LogP contribution in [0, 0.1) is 17.8 Å². The third-order valence-electron chi connectivity index (χ3n) is 4.11. The molecule has 1 fully saturated rings. The smallest absolute Gasteiger partial charge is 0.205 e. The SMILES string of the molecule is CCOC(C)O[C@@H]1OC=C(CO)[C@H]2CC[C@H](C)[C@@H]12.